The van der Waals surface area contributed by atoms with E-state index in [2.05, 4.69) is 5.16 Å². The Morgan fingerprint density at radius 1 is 1.56 bits per heavy atom. The summed E-state index contributed by atoms with van der Waals surface area (Å²) in [5.41, 5.74) is 1.84. The number of hydrogen-bond acceptors (Lipinski definition) is 4. The van der Waals surface area contributed by atoms with Crippen LogP contribution in [0.5, 0.6) is 0 Å². The fourth-order valence-electron chi connectivity index (χ4n) is 1.90. The summed E-state index contributed by atoms with van der Waals surface area (Å²) in [5.74, 6) is -0.639. The Hall–Kier alpha value is -1.65. The van der Waals surface area contributed by atoms with E-state index in [-0.39, 0.29) is 18.3 Å². The maximum absolute atomic E-state index is 11.0. The van der Waals surface area contributed by atoms with Gasteiger partial charge in [-0.25, -0.2) is 0 Å². The molecule has 1 atom stereocenters. The molecule has 1 heterocycles. The van der Waals surface area contributed by atoms with Gasteiger partial charge in [0.2, 0.25) is 0 Å². The normalized spacial score (nSPS) is 24.8. The van der Waals surface area contributed by atoms with E-state index in [0.29, 0.717) is 25.7 Å². The van der Waals surface area contributed by atoms with Gasteiger partial charge in [0.05, 0.1) is 12.1 Å². The van der Waals surface area contributed by atoms with Crippen LogP contribution in [-0.4, -0.2) is 28.7 Å². The highest BCUT2D eigenvalue weighted by Crippen LogP contribution is 2.24. The standard InChI is InChI=1S/C11H13NO4/c13-8-3-1-7(2-4-8)10-5-9(16-12-10)6-11(14)15/h1,9H,2-6H2,(H,14,15). The number of carboxylic acids is 1. The minimum Gasteiger partial charge on any atom is -0.481 e. The summed E-state index contributed by atoms with van der Waals surface area (Å²) >= 11 is 0. The molecule has 16 heavy (non-hydrogen) atoms. The number of aliphatic carboxylic acids is 1. The molecule has 86 valence electrons. The lowest BCUT2D eigenvalue weighted by molar-refractivity contribution is -0.139. The van der Waals surface area contributed by atoms with Gasteiger partial charge >= 0.3 is 5.97 Å². The van der Waals surface area contributed by atoms with Crippen LogP contribution >= 0.6 is 0 Å². The number of carbonyl (C=O) groups excluding carboxylic acids is 1. The van der Waals surface area contributed by atoms with E-state index < -0.39 is 5.97 Å². The van der Waals surface area contributed by atoms with Crippen LogP contribution in [0.15, 0.2) is 16.8 Å². The second-order valence-electron chi connectivity index (χ2n) is 4.04. The molecule has 1 unspecified atom stereocenters. The van der Waals surface area contributed by atoms with Gasteiger partial charge in [0.1, 0.15) is 11.9 Å². The minimum atomic E-state index is -0.880. The third-order valence-corrected chi connectivity index (χ3v) is 2.76. The Bertz CT molecular complexity index is 383. The number of allylic oxidation sites excluding steroid dienone is 2. The average molecular weight is 223 g/mol. The van der Waals surface area contributed by atoms with Crippen LogP contribution in [0, 0.1) is 0 Å². The Kier molecular flexibility index (Phi) is 3.03. The largest absolute Gasteiger partial charge is 0.481 e. The highest BCUT2D eigenvalue weighted by molar-refractivity contribution is 6.02. The van der Waals surface area contributed by atoms with Gasteiger partial charge in [-0.15, -0.1) is 0 Å². The number of nitrogens with zero attached hydrogens (tertiary/aromatic N) is 1. The lowest BCUT2D eigenvalue weighted by Crippen LogP contribution is -2.15. The molecule has 1 N–H and O–H groups in total. The Morgan fingerprint density at radius 2 is 2.38 bits per heavy atom. The van der Waals surface area contributed by atoms with Crippen LogP contribution in [-0.2, 0) is 14.4 Å². The summed E-state index contributed by atoms with van der Waals surface area (Å²) in [6, 6.07) is 0. The first-order valence-electron chi connectivity index (χ1n) is 5.30. The quantitative estimate of drug-likeness (QED) is 0.782. The maximum atomic E-state index is 11.0. The van der Waals surface area contributed by atoms with Gasteiger partial charge in [-0.2, -0.15) is 0 Å². The molecule has 0 amide bonds. The van der Waals surface area contributed by atoms with Gasteiger partial charge in [-0.05, 0) is 12.0 Å². The third-order valence-electron chi connectivity index (χ3n) is 2.76. The van der Waals surface area contributed by atoms with Crippen molar-refractivity contribution in [3.05, 3.63) is 11.6 Å². The first-order chi connectivity index (χ1) is 7.65. The van der Waals surface area contributed by atoms with Crippen molar-refractivity contribution < 1.29 is 19.5 Å². The second-order valence-corrected chi connectivity index (χ2v) is 4.04. The van der Waals surface area contributed by atoms with Crippen molar-refractivity contribution in [1.29, 1.82) is 0 Å². The molecule has 5 nitrogen and oxygen atoms in total. The zero-order valence-electron chi connectivity index (χ0n) is 8.81. The van der Waals surface area contributed by atoms with Crippen LogP contribution < -0.4 is 0 Å². The lowest BCUT2D eigenvalue weighted by Gasteiger charge is -2.10. The molecule has 0 bridgehead atoms. The molecule has 0 aromatic carbocycles. The fourth-order valence-corrected chi connectivity index (χ4v) is 1.90. The van der Waals surface area contributed by atoms with E-state index in [1.807, 2.05) is 6.08 Å². The van der Waals surface area contributed by atoms with Crippen molar-refractivity contribution in [3.8, 4) is 0 Å². The van der Waals surface area contributed by atoms with Gasteiger partial charge in [-0.1, -0.05) is 11.2 Å². The van der Waals surface area contributed by atoms with Gasteiger partial charge in [0.15, 0.2) is 0 Å². The summed E-state index contributed by atoms with van der Waals surface area (Å²) in [6.07, 6.45) is 3.72. The Morgan fingerprint density at radius 3 is 3.00 bits per heavy atom. The molecule has 5 heteroatoms. The number of oxime groups is 1. The van der Waals surface area contributed by atoms with Crippen molar-refractivity contribution in [2.45, 2.75) is 38.2 Å². The van der Waals surface area contributed by atoms with Crippen LogP contribution in [0.3, 0.4) is 0 Å². The summed E-state index contributed by atoms with van der Waals surface area (Å²) in [4.78, 5) is 26.6. The van der Waals surface area contributed by atoms with E-state index in [0.717, 1.165) is 11.3 Å². The molecule has 0 aromatic rings. The lowest BCUT2D eigenvalue weighted by atomic mass is 9.92. The number of carbonyl (C=O) groups is 2. The minimum absolute atomic E-state index is 0.0286. The second kappa shape index (κ2) is 4.47. The smallest absolute Gasteiger partial charge is 0.307 e. The highest BCUT2D eigenvalue weighted by Gasteiger charge is 2.26. The van der Waals surface area contributed by atoms with Crippen molar-refractivity contribution in [2.75, 3.05) is 0 Å². The summed E-state index contributed by atoms with van der Waals surface area (Å²) in [6.45, 7) is 0. The van der Waals surface area contributed by atoms with E-state index in [9.17, 15) is 9.59 Å². The van der Waals surface area contributed by atoms with Crippen LogP contribution in [0.25, 0.3) is 0 Å². The number of hydrogen-bond donors (Lipinski definition) is 1. The molecule has 0 saturated heterocycles. The molecule has 0 spiro atoms. The monoisotopic (exact) mass is 223 g/mol. The van der Waals surface area contributed by atoms with Gasteiger partial charge in [-0.3, -0.25) is 9.59 Å². The molecule has 0 saturated carbocycles. The van der Waals surface area contributed by atoms with E-state index in [1.165, 1.54) is 0 Å². The van der Waals surface area contributed by atoms with Crippen molar-refractivity contribution in [2.24, 2.45) is 5.16 Å². The van der Waals surface area contributed by atoms with Crippen molar-refractivity contribution >= 4 is 17.5 Å². The van der Waals surface area contributed by atoms with Crippen LogP contribution in [0.2, 0.25) is 0 Å². The molecule has 0 aromatic heterocycles. The first-order valence-corrected chi connectivity index (χ1v) is 5.30. The van der Waals surface area contributed by atoms with E-state index in [4.69, 9.17) is 9.94 Å². The molecular weight excluding hydrogens is 210 g/mol. The first kappa shape index (κ1) is 10.9. The van der Waals surface area contributed by atoms with Gasteiger partial charge < -0.3 is 9.94 Å². The molecular formula is C11H13NO4. The van der Waals surface area contributed by atoms with Crippen LogP contribution in [0.4, 0.5) is 0 Å². The molecule has 0 fully saturated rings. The number of ketones is 1. The topological polar surface area (TPSA) is 76.0 Å². The molecule has 1 aliphatic carbocycles. The number of carboxylic acid groups (broad SMARTS) is 1. The number of rotatable bonds is 3. The average Bonchev–Trinajstić information content (AvgIpc) is 2.66. The van der Waals surface area contributed by atoms with Gasteiger partial charge in [0.25, 0.3) is 0 Å². The molecule has 2 aliphatic rings. The highest BCUT2D eigenvalue weighted by atomic mass is 16.6. The van der Waals surface area contributed by atoms with Crippen molar-refractivity contribution in [1.82, 2.24) is 0 Å². The molecule has 0 radical (unpaired) electrons. The van der Waals surface area contributed by atoms with Crippen LogP contribution in [0.1, 0.15) is 32.1 Å². The summed E-state index contributed by atoms with van der Waals surface area (Å²) < 4.78 is 0. The summed E-state index contributed by atoms with van der Waals surface area (Å²) in [7, 11) is 0. The number of Topliss-reactive ketones (excluding diaryl/α,β-unsaturated/α-hetero) is 1. The Labute approximate surface area is 92.8 Å². The predicted octanol–water partition coefficient (Wildman–Crippen LogP) is 1.29. The Balaban J connectivity index is 1.93. The zero-order valence-corrected chi connectivity index (χ0v) is 8.81. The zero-order chi connectivity index (χ0) is 11.5. The molecule has 2 rings (SSSR count). The SMILES string of the molecule is O=C(O)CC1CC(C2=CCC(=O)CC2)=NO1. The summed E-state index contributed by atoms with van der Waals surface area (Å²) in [5, 5.41) is 12.5. The van der Waals surface area contributed by atoms with Gasteiger partial charge in [0, 0.05) is 19.3 Å². The van der Waals surface area contributed by atoms with E-state index >= 15 is 0 Å². The van der Waals surface area contributed by atoms with Crippen molar-refractivity contribution in [3.63, 3.8) is 0 Å². The van der Waals surface area contributed by atoms with E-state index in [1.54, 1.807) is 0 Å². The molecule has 1 aliphatic heterocycles. The third kappa shape index (κ3) is 2.48. The fraction of sp³-hybridized carbons (Fsp3) is 0.545. The maximum Gasteiger partial charge on any atom is 0.307 e. The predicted molar refractivity (Wildman–Crippen MR) is 56.1 cm³/mol.